The van der Waals surface area contributed by atoms with Crippen LogP contribution in [-0.4, -0.2) is 14.2 Å². The Hall–Kier alpha value is -1.84. The molecule has 2 aliphatic rings. The van der Waals surface area contributed by atoms with Gasteiger partial charge in [0.25, 0.3) is 0 Å². The van der Waals surface area contributed by atoms with Gasteiger partial charge in [0.15, 0.2) is 11.5 Å². The van der Waals surface area contributed by atoms with Crippen molar-refractivity contribution in [2.24, 2.45) is 5.92 Å². The molecule has 5 heteroatoms. The minimum absolute atomic E-state index is 0.0798. The number of anilines is 1. The third-order valence-electron chi connectivity index (χ3n) is 5.15. The van der Waals surface area contributed by atoms with Gasteiger partial charge in [-0.05, 0) is 36.1 Å². The summed E-state index contributed by atoms with van der Waals surface area (Å²) in [6.45, 7) is 0. The van der Waals surface area contributed by atoms with E-state index >= 15 is 0 Å². The molecular weight excluding hydrogens is 357 g/mol. The maximum atomic E-state index is 6.50. The monoisotopic (exact) mass is 375 g/mol. The molecule has 3 nitrogen and oxygen atoms in total. The van der Waals surface area contributed by atoms with E-state index in [2.05, 4.69) is 23.5 Å². The van der Waals surface area contributed by atoms with E-state index in [1.807, 2.05) is 18.2 Å². The first-order chi connectivity index (χ1) is 12.1. The number of rotatable bonds is 3. The Balaban J connectivity index is 1.85. The summed E-state index contributed by atoms with van der Waals surface area (Å²) in [5.74, 6) is 2.16. The molecular formula is C20H19Cl2NO2. The predicted octanol–water partition coefficient (Wildman–Crippen LogP) is 5.84. The number of benzene rings is 2. The standard InChI is InChI=1S/C20H19Cl2NO2/c1-24-17-8-4-7-14(20(17)25-2)18-13-6-3-5-12(13)15-9-11(21)10-16(22)19(15)23-18/h3-5,7-10,12-13,18,23H,6H2,1-2H3/t12-,13-,18-/m1/s1. The number of hydrogen-bond donors (Lipinski definition) is 1. The molecule has 1 aliphatic heterocycles. The molecule has 25 heavy (non-hydrogen) atoms. The van der Waals surface area contributed by atoms with Crippen LogP contribution < -0.4 is 14.8 Å². The molecule has 2 aromatic carbocycles. The van der Waals surface area contributed by atoms with Gasteiger partial charge in [-0.15, -0.1) is 0 Å². The molecule has 1 heterocycles. The minimum atomic E-state index is 0.0798. The quantitative estimate of drug-likeness (QED) is 0.683. The summed E-state index contributed by atoms with van der Waals surface area (Å²) < 4.78 is 11.1. The van der Waals surface area contributed by atoms with E-state index < -0.39 is 0 Å². The molecule has 0 unspecified atom stereocenters. The Labute approximate surface area is 157 Å². The van der Waals surface area contributed by atoms with Crippen LogP contribution in [0.25, 0.3) is 0 Å². The Bertz CT molecular complexity index is 850. The Morgan fingerprint density at radius 1 is 1.08 bits per heavy atom. The molecule has 0 bridgehead atoms. The number of allylic oxidation sites excluding steroid dienone is 2. The number of methoxy groups -OCH3 is 2. The van der Waals surface area contributed by atoms with Crippen molar-refractivity contribution in [1.82, 2.24) is 0 Å². The molecule has 0 spiro atoms. The van der Waals surface area contributed by atoms with Crippen LogP contribution in [0.1, 0.15) is 29.5 Å². The van der Waals surface area contributed by atoms with Gasteiger partial charge >= 0.3 is 0 Å². The van der Waals surface area contributed by atoms with Crippen molar-refractivity contribution in [2.75, 3.05) is 19.5 Å². The van der Waals surface area contributed by atoms with Crippen molar-refractivity contribution < 1.29 is 9.47 Å². The molecule has 1 aliphatic carbocycles. The van der Waals surface area contributed by atoms with Gasteiger partial charge in [0.2, 0.25) is 0 Å². The zero-order valence-corrected chi connectivity index (χ0v) is 15.6. The van der Waals surface area contributed by atoms with Gasteiger partial charge in [-0.3, -0.25) is 0 Å². The first kappa shape index (κ1) is 16.6. The fraction of sp³-hybridized carbons (Fsp3) is 0.300. The normalized spacial score (nSPS) is 23.6. The number of ether oxygens (including phenoxy) is 2. The van der Waals surface area contributed by atoms with Crippen LogP contribution in [0.15, 0.2) is 42.5 Å². The Morgan fingerprint density at radius 3 is 2.68 bits per heavy atom. The van der Waals surface area contributed by atoms with Crippen molar-refractivity contribution in [3.05, 3.63) is 63.7 Å². The van der Waals surface area contributed by atoms with Crippen LogP contribution in [0.3, 0.4) is 0 Å². The van der Waals surface area contributed by atoms with Gasteiger partial charge < -0.3 is 14.8 Å². The molecule has 0 fully saturated rings. The van der Waals surface area contributed by atoms with Crippen molar-refractivity contribution in [1.29, 1.82) is 0 Å². The van der Waals surface area contributed by atoms with Crippen LogP contribution >= 0.6 is 23.2 Å². The molecule has 4 rings (SSSR count). The first-order valence-electron chi connectivity index (χ1n) is 8.27. The molecule has 3 atom stereocenters. The highest BCUT2D eigenvalue weighted by Gasteiger charge is 2.40. The second-order valence-corrected chi connectivity index (χ2v) is 7.25. The Kier molecular flexibility index (Phi) is 4.30. The van der Waals surface area contributed by atoms with Gasteiger partial charge in [0, 0.05) is 16.5 Å². The molecule has 0 aromatic heterocycles. The summed E-state index contributed by atoms with van der Waals surface area (Å²) in [4.78, 5) is 0. The highest BCUT2D eigenvalue weighted by molar-refractivity contribution is 6.36. The van der Waals surface area contributed by atoms with Crippen LogP contribution in [-0.2, 0) is 0 Å². The maximum Gasteiger partial charge on any atom is 0.165 e. The highest BCUT2D eigenvalue weighted by Crippen LogP contribution is 2.54. The van der Waals surface area contributed by atoms with Crippen molar-refractivity contribution in [3.63, 3.8) is 0 Å². The van der Waals surface area contributed by atoms with E-state index in [9.17, 15) is 0 Å². The lowest BCUT2D eigenvalue weighted by atomic mass is 9.77. The predicted molar refractivity (Wildman–Crippen MR) is 102 cm³/mol. The molecule has 1 N–H and O–H groups in total. The summed E-state index contributed by atoms with van der Waals surface area (Å²) in [5, 5.41) is 4.96. The average Bonchev–Trinajstić information content (AvgIpc) is 3.10. The molecule has 0 amide bonds. The summed E-state index contributed by atoms with van der Waals surface area (Å²) in [5.41, 5.74) is 3.19. The van der Waals surface area contributed by atoms with Gasteiger partial charge in [-0.2, -0.15) is 0 Å². The lowest BCUT2D eigenvalue weighted by Gasteiger charge is -2.38. The zero-order chi connectivity index (χ0) is 17.6. The van der Waals surface area contributed by atoms with Crippen LogP contribution in [0.4, 0.5) is 5.69 Å². The van der Waals surface area contributed by atoms with Gasteiger partial charge in [-0.1, -0.05) is 47.5 Å². The summed E-state index contributed by atoms with van der Waals surface area (Å²) in [6.07, 6.45) is 5.49. The summed E-state index contributed by atoms with van der Waals surface area (Å²) in [7, 11) is 3.33. The van der Waals surface area contributed by atoms with E-state index in [0.29, 0.717) is 16.0 Å². The third-order valence-corrected chi connectivity index (χ3v) is 5.67. The van der Waals surface area contributed by atoms with Crippen molar-refractivity contribution >= 4 is 28.9 Å². The van der Waals surface area contributed by atoms with E-state index in [1.54, 1.807) is 20.3 Å². The second-order valence-electron chi connectivity index (χ2n) is 6.41. The van der Waals surface area contributed by atoms with E-state index in [1.165, 1.54) is 0 Å². The molecule has 2 aromatic rings. The lowest BCUT2D eigenvalue weighted by Crippen LogP contribution is -2.29. The van der Waals surface area contributed by atoms with E-state index in [-0.39, 0.29) is 12.0 Å². The number of nitrogens with one attached hydrogen (secondary N) is 1. The SMILES string of the molecule is COc1cccc([C@@H]2Nc3c(Cl)cc(Cl)cc3[C@@H]3C=CC[C@H]32)c1OC. The average molecular weight is 376 g/mol. The summed E-state index contributed by atoms with van der Waals surface area (Å²) in [6, 6.07) is 9.88. The van der Waals surface area contributed by atoms with Crippen molar-refractivity contribution in [3.8, 4) is 11.5 Å². The number of halogens is 2. The molecule has 130 valence electrons. The fourth-order valence-corrected chi connectivity index (χ4v) is 4.65. The maximum absolute atomic E-state index is 6.50. The zero-order valence-electron chi connectivity index (χ0n) is 14.1. The lowest BCUT2D eigenvalue weighted by molar-refractivity contribution is 0.341. The first-order valence-corrected chi connectivity index (χ1v) is 9.02. The van der Waals surface area contributed by atoms with Crippen LogP contribution in [0, 0.1) is 5.92 Å². The number of hydrogen-bond acceptors (Lipinski definition) is 3. The molecule has 0 radical (unpaired) electrons. The fourth-order valence-electron chi connectivity index (χ4n) is 4.09. The molecule has 0 saturated heterocycles. The van der Waals surface area contributed by atoms with Crippen LogP contribution in [0.2, 0.25) is 10.0 Å². The number of fused-ring (bicyclic) bond motifs is 3. The van der Waals surface area contributed by atoms with Gasteiger partial charge in [-0.25, -0.2) is 0 Å². The molecule has 0 saturated carbocycles. The smallest absolute Gasteiger partial charge is 0.165 e. The highest BCUT2D eigenvalue weighted by atomic mass is 35.5. The van der Waals surface area contributed by atoms with Crippen LogP contribution in [0.5, 0.6) is 11.5 Å². The summed E-state index contributed by atoms with van der Waals surface area (Å²) >= 11 is 12.7. The topological polar surface area (TPSA) is 30.5 Å². The van der Waals surface area contributed by atoms with E-state index in [4.69, 9.17) is 32.7 Å². The van der Waals surface area contributed by atoms with Gasteiger partial charge in [0.1, 0.15) is 0 Å². The van der Waals surface area contributed by atoms with Gasteiger partial charge in [0.05, 0.1) is 31.0 Å². The second kappa shape index (κ2) is 6.47. The Morgan fingerprint density at radius 2 is 1.92 bits per heavy atom. The largest absolute Gasteiger partial charge is 0.493 e. The third kappa shape index (κ3) is 2.66. The van der Waals surface area contributed by atoms with Crippen molar-refractivity contribution in [2.45, 2.75) is 18.4 Å². The minimum Gasteiger partial charge on any atom is -0.493 e. The number of para-hydroxylation sites is 1. The van der Waals surface area contributed by atoms with E-state index in [0.717, 1.165) is 34.7 Å².